The van der Waals surface area contributed by atoms with E-state index in [4.69, 9.17) is 4.84 Å². The molecule has 4 heteroatoms. The maximum Gasteiger partial charge on any atom is 0.262 e. The van der Waals surface area contributed by atoms with E-state index in [2.05, 4.69) is 5.32 Å². The number of carbonyl (C=O) groups is 1. The number of fused-ring (bicyclic) bond motifs is 1. The van der Waals surface area contributed by atoms with Crippen molar-refractivity contribution in [3.8, 4) is 0 Å². The summed E-state index contributed by atoms with van der Waals surface area (Å²) in [7, 11) is 3.21. The number of amides is 1. The van der Waals surface area contributed by atoms with E-state index < -0.39 is 0 Å². The zero-order valence-electron chi connectivity index (χ0n) is 10.2. The largest absolute Gasteiger partial charge is 0.303 e. The van der Waals surface area contributed by atoms with Crippen molar-refractivity contribution in [2.75, 3.05) is 14.2 Å². The molecule has 0 spiro atoms. The number of piperidine rings is 1. The highest BCUT2D eigenvalue weighted by Crippen LogP contribution is 2.32. The van der Waals surface area contributed by atoms with Crippen LogP contribution >= 0.6 is 0 Å². The van der Waals surface area contributed by atoms with E-state index in [9.17, 15) is 4.79 Å². The van der Waals surface area contributed by atoms with Gasteiger partial charge in [-0.1, -0.05) is 12.8 Å². The molecular formula is C12H22N2O2. The second-order valence-electron chi connectivity index (χ2n) is 4.97. The molecule has 16 heavy (non-hydrogen) atoms. The molecule has 1 saturated carbocycles. The maximum atomic E-state index is 11.9. The normalized spacial score (nSPS) is 34.2. The number of nitrogens with one attached hydrogen (secondary N) is 1. The molecule has 2 fully saturated rings. The smallest absolute Gasteiger partial charge is 0.262 e. The molecule has 1 aliphatic carbocycles. The van der Waals surface area contributed by atoms with Gasteiger partial charge in [-0.15, -0.1) is 0 Å². The SMILES string of the molecule is CON(C)C(=O)C1CCC2CCCCC2N1. The van der Waals surface area contributed by atoms with Gasteiger partial charge in [0.05, 0.1) is 13.2 Å². The lowest BCUT2D eigenvalue weighted by molar-refractivity contribution is -0.172. The maximum absolute atomic E-state index is 11.9. The van der Waals surface area contributed by atoms with Gasteiger partial charge in [0, 0.05) is 13.1 Å². The van der Waals surface area contributed by atoms with Crippen molar-refractivity contribution in [2.24, 2.45) is 5.92 Å². The van der Waals surface area contributed by atoms with E-state index in [-0.39, 0.29) is 11.9 Å². The van der Waals surface area contributed by atoms with Crippen molar-refractivity contribution in [1.82, 2.24) is 10.4 Å². The van der Waals surface area contributed by atoms with Gasteiger partial charge in [0.25, 0.3) is 5.91 Å². The molecular weight excluding hydrogens is 204 g/mol. The fourth-order valence-corrected chi connectivity index (χ4v) is 3.00. The summed E-state index contributed by atoms with van der Waals surface area (Å²) in [6.45, 7) is 0. The lowest BCUT2D eigenvalue weighted by Gasteiger charge is -2.40. The summed E-state index contributed by atoms with van der Waals surface area (Å²) in [6.07, 6.45) is 7.36. The predicted molar refractivity (Wildman–Crippen MR) is 61.7 cm³/mol. The molecule has 1 N–H and O–H groups in total. The number of rotatable bonds is 2. The number of hydroxylamine groups is 2. The average Bonchev–Trinajstić information content (AvgIpc) is 2.36. The molecule has 1 aliphatic heterocycles. The Bertz CT molecular complexity index is 257. The Hall–Kier alpha value is -0.610. The molecule has 0 aromatic rings. The summed E-state index contributed by atoms with van der Waals surface area (Å²) < 4.78 is 0. The van der Waals surface area contributed by atoms with Gasteiger partial charge >= 0.3 is 0 Å². The van der Waals surface area contributed by atoms with Crippen molar-refractivity contribution in [3.05, 3.63) is 0 Å². The Morgan fingerprint density at radius 2 is 2.00 bits per heavy atom. The van der Waals surface area contributed by atoms with Crippen molar-refractivity contribution < 1.29 is 9.63 Å². The van der Waals surface area contributed by atoms with Crippen LogP contribution in [0.15, 0.2) is 0 Å². The third-order valence-electron chi connectivity index (χ3n) is 4.03. The predicted octanol–water partition coefficient (Wildman–Crippen LogP) is 1.32. The number of nitrogens with zero attached hydrogens (tertiary/aromatic N) is 1. The molecule has 0 aromatic heterocycles. The summed E-state index contributed by atoms with van der Waals surface area (Å²) in [6, 6.07) is 0.519. The number of carbonyl (C=O) groups excluding carboxylic acids is 1. The minimum absolute atomic E-state index is 0.0377. The highest BCUT2D eigenvalue weighted by atomic mass is 16.7. The topological polar surface area (TPSA) is 41.6 Å². The Balaban J connectivity index is 1.92. The van der Waals surface area contributed by atoms with Crippen LogP contribution in [0.5, 0.6) is 0 Å². The van der Waals surface area contributed by atoms with Gasteiger partial charge in [0.1, 0.15) is 0 Å². The fourth-order valence-electron chi connectivity index (χ4n) is 3.00. The van der Waals surface area contributed by atoms with Gasteiger partial charge < -0.3 is 5.32 Å². The van der Waals surface area contributed by atoms with Gasteiger partial charge in [-0.05, 0) is 31.6 Å². The second-order valence-corrected chi connectivity index (χ2v) is 4.97. The van der Waals surface area contributed by atoms with E-state index in [1.807, 2.05) is 0 Å². The summed E-state index contributed by atoms with van der Waals surface area (Å²) >= 11 is 0. The molecule has 2 rings (SSSR count). The molecule has 0 radical (unpaired) electrons. The molecule has 2 aliphatic rings. The van der Waals surface area contributed by atoms with Crippen molar-refractivity contribution in [3.63, 3.8) is 0 Å². The summed E-state index contributed by atoms with van der Waals surface area (Å²) in [4.78, 5) is 16.9. The number of likely N-dealkylation sites (N-methyl/N-ethyl adjacent to an activating group) is 1. The van der Waals surface area contributed by atoms with E-state index in [1.54, 1.807) is 7.05 Å². The van der Waals surface area contributed by atoms with Crippen LogP contribution in [0.2, 0.25) is 0 Å². The molecule has 0 aromatic carbocycles. The quantitative estimate of drug-likeness (QED) is 0.722. The Labute approximate surface area is 97.3 Å². The van der Waals surface area contributed by atoms with Crippen LogP contribution in [0, 0.1) is 5.92 Å². The third-order valence-corrected chi connectivity index (χ3v) is 4.03. The monoisotopic (exact) mass is 226 g/mol. The van der Waals surface area contributed by atoms with E-state index in [1.165, 1.54) is 44.3 Å². The number of hydrogen-bond donors (Lipinski definition) is 1. The van der Waals surface area contributed by atoms with Crippen LogP contribution in [-0.2, 0) is 9.63 Å². The molecule has 3 atom stereocenters. The van der Waals surface area contributed by atoms with Crippen LogP contribution in [0.1, 0.15) is 38.5 Å². The van der Waals surface area contributed by atoms with Crippen LogP contribution in [0.3, 0.4) is 0 Å². The first kappa shape index (κ1) is 11.9. The van der Waals surface area contributed by atoms with Gasteiger partial charge in [0.15, 0.2) is 0 Å². The van der Waals surface area contributed by atoms with Crippen molar-refractivity contribution >= 4 is 5.91 Å². The first-order chi connectivity index (χ1) is 7.72. The van der Waals surface area contributed by atoms with E-state index in [0.717, 1.165) is 12.3 Å². The Morgan fingerprint density at radius 1 is 1.25 bits per heavy atom. The van der Waals surface area contributed by atoms with E-state index in [0.29, 0.717) is 6.04 Å². The lowest BCUT2D eigenvalue weighted by Crippen LogP contribution is -2.54. The summed E-state index contributed by atoms with van der Waals surface area (Å²) in [5.41, 5.74) is 0. The zero-order chi connectivity index (χ0) is 11.5. The van der Waals surface area contributed by atoms with Gasteiger partial charge in [-0.2, -0.15) is 0 Å². The van der Waals surface area contributed by atoms with Gasteiger partial charge in [-0.3, -0.25) is 9.63 Å². The minimum Gasteiger partial charge on any atom is -0.303 e. The van der Waals surface area contributed by atoms with Crippen LogP contribution in [-0.4, -0.2) is 37.2 Å². The van der Waals surface area contributed by atoms with Gasteiger partial charge in [0.2, 0.25) is 0 Å². The molecule has 0 bridgehead atoms. The fraction of sp³-hybridized carbons (Fsp3) is 0.917. The standard InChI is InChI=1S/C12H22N2O2/c1-14(16-2)12(15)11-8-7-9-5-3-4-6-10(9)13-11/h9-11,13H,3-8H2,1-2H3. The molecule has 1 heterocycles. The first-order valence-corrected chi connectivity index (χ1v) is 6.30. The van der Waals surface area contributed by atoms with Crippen molar-refractivity contribution in [1.29, 1.82) is 0 Å². The first-order valence-electron chi connectivity index (χ1n) is 6.30. The molecule has 1 saturated heterocycles. The molecule has 4 nitrogen and oxygen atoms in total. The average molecular weight is 226 g/mol. The minimum atomic E-state index is -0.0377. The summed E-state index contributed by atoms with van der Waals surface area (Å²) in [5.74, 6) is 0.858. The Kier molecular flexibility index (Phi) is 3.82. The third kappa shape index (κ3) is 2.38. The van der Waals surface area contributed by atoms with Crippen LogP contribution in [0.25, 0.3) is 0 Å². The highest BCUT2D eigenvalue weighted by Gasteiger charge is 2.35. The molecule has 3 unspecified atom stereocenters. The lowest BCUT2D eigenvalue weighted by atomic mass is 9.77. The zero-order valence-corrected chi connectivity index (χ0v) is 10.2. The van der Waals surface area contributed by atoms with Gasteiger partial charge in [-0.25, -0.2) is 5.06 Å². The van der Waals surface area contributed by atoms with Crippen molar-refractivity contribution in [2.45, 2.75) is 50.6 Å². The number of hydrogen-bond acceptors (Lipinski definition) is 3. The highest BCUT2D eigenvalue weighted by molar-refractivity contribution is 5.80. The molecule has 1 amide bonds. The second kappa shape index (κ2) is 5.15. The van der Waals surface area contributed by atoms with E-state index >= 15 is 0 Å². The Morgan fingerprint density at radius 3 is 2.75 bits per heavy atom. The van der Waals surface area contributed by atoms with Crippen LogP contribution < -0.4 is 5.32 Å². The van der Waals surface area contributed by atoms with Crippen LogP contribution in [0.4, 0.5) is 0 Å². The molecule has 92 valence electrons. The summed E-state index contributed by atoms with van der Waals surface area (Å²) in [5, 5.41) is 4.83.